The smallest absolute Gasteiger partial charge is 0.245 e. The molecule has 0 radical (unpaired) electrons. The first kappa shape index (κ1) is 18.5. The molecule has 2 amide bonds. The third kappa shape index (κ3) is 3.62. The minimum absolute atomic E-state index is 0.0251. The van der Waals surface area contributed by atoms with Crippen LogP contribution in [0.3, 0.4) is 0 Å². The van der Waals surface area contributed by atoms with Gasteiger partial charge in [-0.15, -0.1) is 0 Å². The van der Waals surface area contributed by atoms with E-state index in [-0.39, 0.29) is 11.8 Å². The van der Waals surface area contributed by atoms with Crippen LogP contribution in [0, 0.1) is 5.92 Å². The second-order valence-electron chi connectivity index (χ2n) is 7.87. The second kappa shape index (κ2) is 7.52. The van der Waals surface area contributed by atoms with Crippen LogP contribution in [0.15, 0.2) is 30.5 Å². The molecule has 3 rings (SSSR count). The molecule has 1 fully saturated rings. The zero-order valence-electron chi connectivity index (χ0n) is 16.0. The van der Waals surface area contributed by atoms with E-state index < -0.39 is 5.54 Å². The number of hydrogen-bond acceptors (Lipinski definition) is 2. The van der Waals surface area contributed by atoms with Gasteiger partial charge in [-0.05, 0) is 43.7 Å². The van der Waals surface area contributed by atoms with Crippen LogP contribution in [0.1, 0.15) is 45.6 Å². The first-order valence-corrected chi connectivity index (χ1v) is 9.55. The molecule has 1 atom stereocenters. The zero-order chi connectivity index (χ0) is 18.7. The number of carbonyl (C=O) groups is 2. The molecule has 26 heavy (non-hydrogen) atoms. The summed E-state index contributed by atoms with van der Waals surface area (Å²) in [6.07, 6.45) is 4.73. The van der Waals surface area contributed by atoms with E-state index in [0.717, 1.165) is 18.4 Å². The Morgan fingerprint density at radius 2 is 2.12 bits per heavy atom. The SMILES string of the molecule is CC(C)CCNC(=O)[C@@]1(C)CCC(=O)N1CCc1c[nH]c2ccccc12. The molecule has 1 aliphatic rings. The lowest BCUT2D eigenvalue weighted by Crippen LogP contribution is -2.55. The molecular formula is C21H29N3O2. The normalized spacial score (nSPS) is 20.3. The number of para-hydroxylation sites is 1. The predicted molar refractivity (Wildman–Crippen MR) is 104 cm³/mol. The Balaban J connectivity index is 1.68. The van der Waals surface area contributed by atoms with Crippen LogP contribution in [-0.4, -0.2) is 40.3 Å². The third-order valence-corrected chi connectivity index (χ3v) is 5.50. The van der Waals surface area contributed by atoms with Gasteiger partial charge < -0.3 is 15.2 Å². The van der Waals surface area contributed by atoms with Crippen molar-refractivity contribution in [3.05, 3.63) is 36.0 Å². The van der Waals surface area contributed by atoms with Gasteiger partial charge in [0, 0.05) is 36.6 Å². The van der Waals surface area contributed by atoms with E-state index in [9.17, 15) is 9.59 Å². The van der Waals surface area contributed by atoms with Crippen molar-refractivity contribution in [2.75, 3.05) is 13.1 Å². The predicted octanol–water partition coefficient (Wildman–Crippen LogP) is 3.25. The number of nitrogens with one attached hydrogen (secondary N) is 2. The average molecular weight is 355 g/mol. The summed E-state index contributed by atoms with van der Waals surface area (Å²) in [7, 11) is 0. The van der Waals surface area contributed by atoms with Crippen LogP contribution in [0.5, 0.6) is 0 Å². The molecular weight excluding hydrogens is 326 g/mol. The van der Waals surface area contributed by atoms with Crippen LogP contribution in [0.25, 0.3) is 10.9 Å². The highest BCUT2D eigenvalue weighted by Gasteiger charge is 2.46. The first-order valence-electron chi connectivity index (χ1n) is 9.55. The highest BCUT2D eigenvalue weighted by atomic mass is 16.2. The Hall–Kier alpha value is -2.30. The van der Waals surface area contributed by atoms with Gasteiger partial charge in [-0.2, -0.15) is 0 Å². The number of likely N-dealkylation sites (tertiary alicyclic amines) is 1. The van der Waals surface area contributed by atoms with Gasteiger partial charge in [-0.1, -0.05) is 32.0 Å². The molecule has 0 unspecified atom stereocenters. The molecule has 5 heteroatoms. The maximum absolute atomic E-state index is 12.8. The van der Waals surface area contributed by atoms with Gasteiger partial charge in [-0.3, -0.25) is 9.59 Å². The maximum Gasteiger partial charge on any atom is 0.245 e. The molecule has 2 N–H and O–H groups in total. The summed E-state index contributed by atoms with van der Waals surface area (Å²) in [6.45, 7) is 7.41. The van der Waals surface area contributed by atoms with Crippen LogP contribution in [0.2, 0.25) is 0 Å². The number of carbonyl (C=O) groups excluding carboxylic acids is 2. The van der Waals surface area contributed by atoms with Crippen molar-refractivity contribution in [1.29, 1.82) is 0 Å². The van der Waals surface area contributed by atoms with Gasteiger partial charge in [0.25, 0.3) is 0 Å². The Morgan fingerprint density at radius 1 is 1.35 bits per heavy atom. The number of hydrogen-bond donors (Lipinski definition) is 2. The minimum atomic E-state index is -0.736. The van der Waals surface area contributed by atoms with Crippen LogP contribution >= 0.6 is 0 Å². The van der Waals surface area contributed by atoms with E-state index >= 15 is 0 Å². The Morgan fingerprint density at radius 3 is 2.88 bits per heavy atom. The third-order valence-electron chi connectivity index (χ3n) is 5.50. The van der Waals surface area contributed by atoms with Crippen molar-refractivity contribution >= 4 is 22.7 Å². The molecule has 1 aliphatic heterocycles. The van der Waals surface area contributed by atoms with Crippen molar-refractivity contribution in [3.8, 4) is 0 Å². The van der Waals surface area contributed by atoms with Crippen LogP contribution < -0.4 is 5.32 Å². The molecule has 2 aromatic rings. The number of fused-ring (bicyclic) bond motifs is 1. The molecule has 2 heterocycles. The van der Waals surface area contributed by atoms with Gasteiger partial charge in [-0.25, -0.2) is 0 Å². The number of benzene rings is 1. The lowest BCUT2D eigenvalue weighted by Gasteiger charge is -2.34. The van der Waals surface area contributed by atoms with E-state index in [1.165, 1.54) is 10.9 Å². The fourth-order valence-electron chi connectivity index (χ4n) is 3.74. The van der Waals surface area contributed by atoms with E-state index in [0.29, 0.717) is 31.8 Å². The van der Waals surface area contributed by atoms with Gasteiger partial charge in [0.2, 0.25) is 11.8 Å². The summed E-state index contributed by atoms with van der Waals surface area (Å²) in [5.74, 6) is 0.598. The zero-order valence-corrected chi connectivity index (χ0v) is 16.0. The van der Waals surface area contributed by atoms with Crippen molar-refractivity contribution in [2.45, 2.75) is 52.0 Å². The Kier molecular flexibility index (Phi) is 5.35. The summed E-state index contributed by atoms with van der Waals surface area (Å²) in [4.78, 5) is 30.3. The van der Waals surface area contributed by atoms with E-state index in [1.807, 2.05) is 31.3 Å². The van der Waals surface area contributed by atoms with Gasteiger partial charge >= 0.3 is 0 Å². The van der Waals surface area contributed by atoms with Crippen molar-refractivity contribution in [1.82, 2.24) is 15.2 Å². The molecule has 1 aromatic carbocycles. The van der Waals surface area contributed by atoms with E-state index in [1.54, 1.807) is 4.90 Å². The summed E-state index contributed by atoms with van der Waals surface area (Å²) >= 11 is 0. The summed E-state index contributed by atoms with van der Waals surface area (Å²) in [5.41, 5.74) is 1.55. The second-order valence-corrected chi connectivity index (χ2v) is 7.87. The summed E-state index contributed by atoms with van der Waals surface area (Å²) in [5, 5.41) is 4.21. The highest BCUT2D eigenvalue weighted by molar-refractivity contribution is 5.94. The van der Waals surface area contributed by atoms with Crippen LogP contribution in [0.4, 0.5) is 0 Å². The van der Waals surface area contributed by atoms with Crippen molar-refractivity contribution in [2.24, 2.45) is 5.92 Å². The molecule has 1 saturated heterocycles. The number of nitrogens with zero attached hydrogens (tertiary/aromatic N) is 1. The van der Waals surface area contributed by atoms with Gasteiger partial charge in [0.05, 0.1) is 0 Å². The maximum atomic E-state index is 12.8. The molecule has 5 nitrogen and oxygen atoms in total. The number of aromatic nitrogens is 1. The summed E-state index contributed by atoms with van der Waals surface area (Å²) in [6, 6.07) is 8.16. The largest absolute Gasteiger partial charge is 0.361 e. The quantitative estimate of drug-likeness (QED) is 0.801. The molecule has 0 saturated carbocycles. The highest BCUT2D eigenvalue weighted by Crippen LogP contribution is 2.31. The number of aromatic amines is 1. The van der Waals surface area contributed by atoms with Crippen LogP contribution in [-0.2, 0) is 16.0 Å². The monoisotopic (exact) mass is 355 g/mol. The molecule has 140 valence electrons. The molecule has 0 spiro atoms. The standard InChI is InChI=1S/C21H29N3O2/c1-15(2)9-12-22-20(26)21(3)11-8-19(25)24(21)13-10-16-14-23-18-7-5-4-6-17(16)18/h4-7,14-15,23H,8-13H2,1-3H3,(H,22,26)/t21-/m1/s1. The Labute approximate surface area is 155 Å². The average Bonchev–Trinajstić information content (AvgIpc) is 3.15. The van der Waals surface area contributed by atoms with E-state index in [4.69, 9.17) is 0 Å². The van der Waals surface area contributed by atoms with Crippen molar-refractivity contribution in [3.63, 3.8) is 0 Å². The fraction of sp³-hybridized carbons (Fsp3) is 0.524. The molecule has 0 bridgehead atoms. The lowest BCUT2D eigenvalue weighted by molar-refractivity contribution is -0.140. The topological polar surface area (TPSA) is 65.2 Å². The Bertz CT molecular complexity index is 795. The number of H-pyrrole nitrogens is 1. The number of rotatable bonds is 7. The molecule has 1 aromatic heterocycles. The molecule has 0 aliphatic carbocycles. The summed E-state index contributed by atoms with van der Waals surface area (Å²) < 4.78 is 0. The number of amides is 2. The fourth-order valence-corrected chi connectivity index (χ4v) is 3.74. The minimum Gasteiger partial charge on any atom is -0.361 e. The van der Waals surface area contributed by atoms with E-state index in [2.05, 4.69) is 30.2 Å². The lowest BCUT2D eigenvalue weighted by atomic mass is 9.96. The van der Waals surface area contributed by atoms with Gasteiger partial charge in [0.1, 0.15) is 5.54 Å². The van der Waals surface area contributed by atoms with Gasteiger partial charge in [0.15, 0.2) is 0 Å². The van der Waals surface area contributed by atoms with Crippen molar-refractivity contribution < 1.29 is 9.59 Å². The first-order chi connectivity index (χ1) is 12.4.